The van der Waals surface area contributed by atoms with Crippen LogP contribution in [-0.2, 0) is 22.7 Å². The second-order valence-corrected chi connectivity index (χ2v) is 6.83. The summed E-state index contributed by atoms with van der Waals surface area (Å²) in [5.41, 5.74) is 8.35. The van der Waals surface area contributed by atoms with Crippen LogP contribution in [0, 0.1) is 0 Å². The number of carboxylic acids is 1. The third-order valence-electron chi connectivity index (χ3n) is 4.50. The summed E-state index contributed by atoms with van der Waals surface area (Å²) in [6.45, 7) is -0.223. The molecular formula is C23H22N4O5. The Kier molecular flexibility index (Phi) is 7.37. The molecule has 9 nitrogen and oxygen atoms in total. The fourth-order valence-corrected chi connectivity index (χ4v) is 2.91. The number of hydrogen-bond acceptors (Lipinski definition) is 6. The molecule has 0 aliphatic rings. The van der Waals surface area contributed by atoms with E-state index in [4.69, 9.17) is 10.5 Å². The van der Waals surface area contributed by atoms with Crippen LogP contribution in [0.2, 0.25) is 0 Å². The molecule has 2 aromatic carbocycles. The second-order valence-electron chi connectivity index (χ2n) is 6.83. The van der Waals surface area contributed by atoms with Crippen molar-refractivity contribution in [3.05, 3.63) is 89.7 Å². The van der Waals surface area contributed by atoms with E-state index in [1.807, 2.05) is 0 Å². The Balaban J connectivity index is 1.61. The van der Waals surface area contributed by atoms with Gasteiger partial charge in [-0.25, -0.2) is 4.79 Å². The highest BCUT2D eigenvalue weighted by molar-refractivity contribution is 6.09. The largest absolute Gasteiger partial charge is 0.480 e. The lowest BCUT2D eigenvalue weighted by Gasteiger charge is -2.22. The summed E-state index contributed by atoms with van der Waals surface area (Å²) in [4.78, 5) is 41.2. The predicted octanol–water partition coefficient (Wildman–Crippen LogP) is 2.82. The number of aromatic nitrogens is 1. The predicted molar refractivity (Wildman–Crippen MR) is 118 cm³/mol. The summed E-state index contributed by atoms with van der Waals surface area (Å²) in [5, 5.41) is 11.9. The van der Waals surface area contributed by atoms with Gasteiger partial charge in [-0.15, -0.1) is 0 Å². The molecule has 0 aliphatic carbocycles. The topological polar surface area (TPSA) is 135 Å². The fraction of sp³-hybridized carbons (Fsp3) is 0.130. The highest BCUT2D eigenvalue weighted by atomic mass is 16.5. The van der Waals surface area contributed by atoms with E-state index >= 15 is 0 Å². The van der Waals surface area contributed by atoms with Gasteiger partial charge in [-0.1, -0.05) is 30.3 Å². The zero-order chi connectivity index (χ0) is 22.9. The second kappa shape index (κ2) is 10.6. The molecule has 3 rings (SSSR count). The van der Waals surface area contributed by atoms with Crippen LogP contribution >= 0.6 is 0 Å². The van der Waals surface area contributed by atoms with Crippen molar-refractivity contribution in [1.82, 2.24) is 10.3 Å². The minimum atomic E-state index is -1.16. The van der Waals surface area contributed by atoms with Crippen LogP contribution in [0.25, 0.3) is 0 Å². The molecule has 0 fully saturated rings. The Labute approximate surface area is 184 Å². The van der Waals surface area contributed by atoms with Gasteiger partial charge in [0.2, 0.25) is 0 Å². The molecule has 2 amide bonds. The zero-order valence-electron chi connectivity index (χ0n) is 17.1. The van der Waals surface area contributed by atoms with Crippen molar-refractivity contribution in [2.24, 2.45) is 0 Å². The molecule has 9 heteroatoms. The average Bonchev–Trinajstić information content (AvgIpc) is 2.81. The summed E-state index contributed by atoms with van der Waals surface area (Å²) >= 11 is 0. The number of rotatable bonds is 8. The van der Waals surface area contributed by atoms with E-state index in [2.05, 4.69) is 10.3 Å². The number of nitrogens with one attached hydrogen (secondary N) is 1. The van der Waals surface area contributed by atoms with Crippen molar-refractivity contribution in [3.63, 3.8) is 0 Å². The summed E-state index contributed by atoms with van der Waals surface area (Å²) < 4.78 is 5.12. The monoisotopic (exact) mass is 434 g/mol. The smallest absolute Gasteiger partial charge is 0.407 e. The number of pyridine rings is 1. The molecule has 0 spiro atoms. The molecular weight excluding hydrogens is 412 g/mol. The normalized spacial score (nSPS) is 10.2. The van der Waals surface area contributed by atoms with Crippen LogP contribution in [0.5, 0.6) is 0 Å². The molecule has 0 saturated heterocycles. The number of alkyl carbamates (subject to hydrolysis) is 1. The third kappa shape index (κ3) is 6.05. The van der Waals surface area contributed by atoms with Gasteiger partial charge in [0, 0.05) is 30.1 Å². The minimum Gasteiger partial charge on any atom is -0.480 e. The summed E-state index contributed by atoms with van der Waals surface area (Å²) in [5.74, 6) is -1.66. The number of nitrogens with two attached hydrogens (primary N) is 1. The van der Waals surface area contributed by atoms with Crippen LogP contribution in [0.3, 0.4) is 0 Å². The van der Waals surface area contributed by atoms with E-state index in [9.17, 15) is 19.5 Å². The molecule has 0 radical (unpaired) electrons. The maximum absolute atomic E-state index is 12.9. The van der Waals surface area contributed by atoms with Crippen LogP contribution in [0.4, 0.5) is 16.2 Å². The first-order chi connectivity index (χ1) is 15.4. The number of amides is 2. The first-order valence-corrected chi connectivity index (χ1v) is 9.70. The van der Waals surface area contributed by atoms with E-state index < -0.39 is 24.5 Å². The van der Waals surface area contributed by atoms with E-state index in [0.717, 1.165) is 16.0 Å². The van der Waals surface area contributed by atoms with Gasteiger partial charge in [0.1, 0.15) is 13.2 Å². The summed E-state index contributed by atoms with van der Waals surface area (Å²) in [7, 11) is 0. The van der Waals surface area contributed by atoms with E-state index in [0.29, 0.717) is 11.4 Å². The molecule has 1 heterocycles. The Morgan fingerprint density at radius 1 is 1.00 bits per heavy atom. The van der Waals surface area contributed by atoms with Crippen LogP contribution in [0.1, 0.15) is 21.5 Å². The van der Waals surface area contributed by atoms with Crippen LogP contribution in [0.15, 0.2) is 73.1 Å². The first kappa shape index (κ1) is 22.3. The van der Waals surface area contributed by atoms with Gasteiger partial charge in [0.25, 0.3) is 5.91 Å². The summed E-state index contributed by atoms with van der Waals surface area (Å²) in [6.07, 6.45) is 2.66. The molecule has 0 bridgehead atoms. The van der Waals surface area contributed by atoms with Crippen molar-refractivity contribution < 1.29 is 24.2 Å². The van der Waals surface area contributed by atoms with Gasteiger partial charge >= 0.3 is 12.1 Å². The van der Waals surface area contributed by atoms with Crippen LogP contribution < -0.4 is 16.0 Å². The van der Waals surface area contributed by atoms with Crippen molar-refractivity contribution in [2.45, 2.75) is 13.2 Å². The Bertz CT molecular complexity index is 1090. The van der Waals surface area contributed by atoms with Gasteiger partial charge in [-0.05, 0) is 35.9 Å². The highest BCUT2D eigenvalue weighted by Gasteiger charge is 2.22. The third-order valence-corrected chi connectivity index (χ3v) is 4.50. The number of carbonyl (C=O) groups excluding carboxylic acids is 2. The number of hydrogen-bond donors (Lipinski definition) is 3. The SMILES string of the molecule is Nc1ccccc1N(CC(=O)O)C(=O)c1ccc(CNC(=O)OCc2cccnc2)cc1. The Hall–Kier alpha value is -4.40. The number of nitrogens with zero attached hydrogens (tertiary/aromatic N) is 2. The van der Waals surface area contributed by atoms with Crippen molar-refractivity contribution in [3.8, 4) is 0 Å². The Morgan fingerprint density at radius 3 is 2.41 bits per heavy atom. The fourth-order valence-electron chi connectivity index (χ4n) is 2.91. The first-order valence-electron chi connectivity index (χ1n) is 9.70. The quantitative estimate of drug-likeness (QED) is 0.464. The number of para-hydroxylation sites is 2. The minimum absolute atomic E-state index is 0.106. The maximum Gasteiger partial charge on any atom is 0.407 e. The lowest BCUT2D eigenvalue weighted by Crippen LogP contribution is -2.36. The highest BCUT2D eigenvalue weighted by Crippen LogP contribution is 2.24. The van der Waals surface area contributed by atoms with Crippen LogP contribution in [-0.4, -0.2) is 34.6 Å². The van der Waals surface area contributed by atoms with Crippen molar-refractivity contribution in [1.29, 1.82) is 0 Å². The van der Waals surface area contributed by atoms with Gasteiger partial charge in [-0.2, -0.15) is 0 Å². The Morgan fingerprint density at radius 2 is 1.75 bits per heavy atom. The van der Waals surface area contributed by atoms with Gasteiger partial charge in [0.15, 0.2) is 0 Å². The molecule has 32 heavy (non-hydrogen) atoms. The lowest BCUT2D eigenvalue weighted by molar-refractivity contribution is -0.135. The number of nitrogen functional groups attached to an aromatic ring is 1. The number of carboxylic acid groups (broad SMARTS) is 1. The molecule has 0 atom stereocenters. The average molecular weight is 434 g/mol. The number of aliphatic carboxylic acids is 1. The number of anilines is 2. The number of carbonyl (C=O) groups is 3. The lowest BCUT2D eigenvalue weighted by atomic mass is 10.1. The molecule has 0 aliphatic heterocycles. The molecule has 164 valence electrons. The maximum atomic E-state index is 12.9. The molecule has 0 saturated carbocycles. The molecule has 0 unspecified atom stereocenters. The van der Waals surface area contributed by atoms with Gasteiger partial charge in [-0.3, -0.25) is 19.5 Å². The number of benzene rings is 2. The zero-order valence-corrected chi connectivity index (χ0v) is 17.1. The van der Waals surface area contributed by atoms with E-state index in [-0.39, 0.29) is 18.7 Å². The van der Waals surface area contributed by atoms with E-state index in [1.165, 1.54) is 0 Å². The standard InChI is InChI=1S/C23H22N4O5/c24-19-5-1-2-6-20(19)27(14-21(28)29)22(30)18-9-7-16(8-10-18)13-26-23(31)32-15-17-4-3-11-25-12-17/h1-12H,13-15,24H2,(H,26,31)(H,28,29). The van der Waals surface area contributed by atoms with Gasteiger partial charge < -0.3 is 20.9 Å². The number of ether oxygens (including phenoxy) is 1. The molecule has 4 N–H and O–H groups in total. The van der Waals surface area contributed by atoms with Crippen molar-refractivity contribution in [2.75, 3.05) is 17.2 Å². The van der Waals surface area contributed by atoms with Gasteiger partial charge in [0.05, 0.1) is 11.4 Å². The summed E-state index contributed by atoms with van der Waals surface area (Å²) in [6, 6.07) is 16.6. The van der Waals surface area contributed by atoms with Crippen molar-refractivity contribution >= 4 is 29.3 Å². The molecule has 3 aromatic rings. The molecule has 1 aromatic heterocycles. The van der Waals surface area contributed by atoms with E-state index in [1.54, 1.807) is 73.1 Å².